The van der Waals surface area contributed by atoms with Crippen molar-refractivity contribution in [1.82, 2.24) is 0 Å². The Labute approximate surface area is 93.3 Å². The molecule has 0 radical (unpaired) electrons. The Hall–Kier alpha value is -0.0400. The average molecular weight is 208 g/mol. The van der Waals surface area contributed by atoms with E-state index in [0.717, 1.165) is 23.7 Å². The number of aliphatic hydroxyl groups is 1. The van der Waals surface area contributed by atoms with Gasteiger partial charge in [-0.2, -0.15) is 0 Å². The third kappa shape index (κ3) is 1.54. The topological polar surface area (TPSA) is 20.2 Å². The van der Waals surface area contributed by atoms with Crippen LogP contribution < -0.4 is 0 Å². The molecule has 1 heteroatoms. The normalized spacial score (nSPS) is 49.8. The van der Waals surface area contributed by atoms with Gasteiger partial charge in [-0.05, 0) is 55.3 Å². The maximum Gasteiger partial charge on any atom is 0.0464 e. The zero-order valence-electron chi connectivity index (χ0n) is 9.70. The smallest absolute Gasteiger partial charge is 0.0464 e. The molecule has 3 aliphatic carbocycles. The van der Waals surface area contributed by atoms with E-state index in [-0.39, 0.29) is 0 Å². The van der Waals surface area contributed by atoms with Gasteiger partial charge >= 0.3 is 0 Å². The molecule has 0 aromatic rings. The lowest BCUT2D eigenvalue weighted by atomic mass is 9.73. The highest BCUT2D eigenvalue weighted by atomic mass is 16.3. The molecule has 0 heterocycles. The molecule has 1 N–H and O–H groups in total. The van der Waals surface area contributed by atoms with Crippen LogP contribution in [0.5, 0.6) is 0 Å². The molecule has 3 fully saturated rings. The Morgan fingerprint density at radius 2 is 1.07 bits per heavy atom. The zero-order valence-corrected chi connectivity index (χ0v) is 9.70. The number of fused-ring (bicyclic) bond motifs is 3. The summed E-state index contributed by atoms with van der Waals surface area (Å²) in [7, 11) is 0. The van der Waals surface area contributed by atoms with Gasteiger partial charge in [0.15, 0.2) is 0 Å². The first kappa shape index (κ1) is 10.1. The van der Waals surface area contributed by atoms with E-state index in [2.05, 4.69) is 0 Å². The van der Waals surface area contributed by atoms with Gasteiger partial charge in [-0.1, -0.05) is 25.7 Å². The quantitative estimate of drug-likeness (QED) is 0.701. The highest BCUT2D eigenvalue weighted by molar-refractivity contribution is 4.99. The van der Waals surface area contributed by atoms with Crippen LogP contribution in [0.4, 0.5) is 0 Å². The average Bonchev–Trinajstić information content (AvgIpc) is 2.63. The summed E-state index contributed by atoms with van der Waals surface area (Å²) in [6, 6.07) is 0. The van der Waals surface area contributed by atoms with Crippen LogP contribution in [0.15, 0.2) is 0 Å². The first-order valence-corrected chi connectivity index (χ1v) is 7.02. The fourth-order valence-electron chi connectivity index (χ4n) is 5.09. The van der Waals surface area contributed by atoms with Gasteiger partial charge in [-0.25, -0.2) is 0 Å². The predicted octanol–water partition coefficient (Wildman–Crippen LogP) is 3.22. The van der Waals surface area contributed by atoms with Crippen LogP contribution in [0.2, 0.25) is 0 Å². The number of aliphatic hydroxyl groups excluding tert-OH is 1. The van der Waals surface area contributed by atoms with Crippen molar-refractivity contribution >= 4 is 0 Å². The molecule has 15 heavy (non-hydrogen) atoms. The standard InChI is InChI=1S/C14H24O/c15-9-14-12-7-3-1-5-10(12)11-6-2-4-8-13(11)14/h10-15H,1-9H2/t10-,11?,12?,13+,14?/m1/s1. The Bertz CT molecular complexity index is 172. The summed E-state index contributed by atoms with van der Waals surface area (Å²) in [5.74, 6) is 4.48. The molecule has 0 bridgehead atoms. The van der Waals surface area contributed by atoms with Crippen LogP contribution in [0.1, 0.15) is 51.4 Å². The number of hydrogen-bond donors (Lipinski definition) is 1. The molecular weight excluding hydrogens is 184 g/mol. The van der Waals surface area contributed by atoms with E-state index < -0.39 is 0 Å². The Kier molecular flexibility index (Phi) is 2.76. The molecule has 5 atom stereocenters. The van der Waals surface area contributed by atoms with Gasteiger partial charge in [0.2, 0.25) is 0 Å². The molecule has 0 saturated heterocycles. The van der Waals surface area contributed by atoms with Crippen LogP contribution >= 0.6 is 0 Å². The summed E-state index contributed by atoms with van der Waals surface area (Å²) in [6.07, 6.45) is 11.6. The fraction of sp³-hybridized carbons (Fsp3) is 1.00. The second-order valence-electron chi connectivity index (χ2n) is 6.07. The second-order valence-corrected chi connectivity index (χ2v) is 6.07. The van der Waals surface area contributed by atoms with Gasteiger partial charge in [-0.3, -0.25) is 0 Å². The highest BCUT2D eigenvalue weighted by Gasteiger charge is 2.50. The fourth-order valence-corrected chi connectivity index (χ4v) is 5.09. The molecule has 86 valence electrons. The van der Waals surface area contributed by atoms with Crippen molar-refractivity contribution in [3.8, 4) is 0 Å². The lowest BCUT2D eigenvalue weighted by Crippen LogP contribution is -2.23. The van der Waals surface area contributed by atoms with Crippen molar-refractivity contribution in [1.29, 1.82) is 0 Å². The number of rotatable bonds is 1. The first-order chi connectivity index (χ1) is 7.42. The molecule has 0 aliphatic heterocycles. The minimum atomic E-state index is 0.475. The molecule has 0 amide bonds. The van der Waals surface area contributed by atoms with Crippen LogP contribution in [-0.2, 0) is 0 Å². The van der Waals surface area contributed by atoms with Crippen LogP contribution in [-0.4, -0.2) is 11.7 Å². The molecule has 0 aromatic carbocycles. The largest absolute Gasteiger partial charge is 0.396 e. The Morgan fingerprint density at radius 3 is 1.47 bits per heavy atom. The van der Waals surface area contributed by atoms with Crippen molar-refractivity contribution in [3.05, 3.63) is 0 Å². The van der Waals surface area contributed by atoms with E-state index in [1.165, 1.54) is 51.4 Å². The van der Waals surface area contributed by atoms with Gasteiger partial charge in [0.1, 0.15) is 0 Å². The minimum absolute atomic E-state index is 0.475. The number of hydrogen-bond acceptors (Lipinski definition) is 1. The summed E-state index contributed by atoms with van der Waals surface area (Å²) in [4.78, 5) is 0. The van der Waals surface area contributed by atoms with Crippen molar-refractivity contribution in [3.63, 3.8) is 0 Å². The third-order valence-corrected chi connectivity index (χ3v) is 5.61. The van der Waals surface area contributed by atoms with E-state index in [1.54, 1.807) is 0 Å². The predicted molar refractivity (Wildman–Crippen MR) is 61.5 cm³/mol. The summed E-state index contributed by atoms with van der Waals surface area (Å²) in [6.45, 7) is 0.475. The van der Waals surface area contributed by atoms with Gasteiger partial charge < -0.3 is 5.11 Å². The summed E-state index contributed by atoms with van der Waals surface area (Å²) < 4.78 is 0. The van der Waals surface area contributed by atoms with Crippen molar-refractivity contribution in [2.45, 2.75) is 51.4 Å². The molecule has 0 aromatic heterocycles. The summed E-state index contributed by atoms with van der Waals surface area (Å²) >= 11 is 0. The monoisotopic (exact) mass is 208 g/mol. The first-order valence-electron chi connectivity index (χ1n) is 7.02. The molecule has 3 saturated carbocycles. The third-order valence-electron chi connectivity index (χ3n) is 5.61. The van der Waals surface area contributed by atoms with Gasteiger partial charge in [0.25, 0.3) is 0 Å². The minimum Gasteiger partial charge on any atom is -0.396 e. The lowest BCUT2D eigenvalue weighted by molar-refractivity contribution is 0.126. The lowest BCUT2D eigenvalue weighted by Gasteiger charge is -2.32. The van der Waals surface area contributed by atoms with Crippen LogP contribution in [0.3, 0.4) is 0 Å². The van der Waals surface area contributed by atoms with Gasteiger partial charge in [-0.15, -0.1) is 0 Å². The van der Waals surface area contributed by atoms with E-state index in [4.69, 9.17) is 0 Å². The SMILES string of the molecule is OCC1C2CCCC[C@@H]2C2CCCC[C@H]12. The van der Waals surface area contributed by atoms with Crippen molar-refractivity contribution in [2.24, 2.45) is 29.6 Å². The van der Waals surface area contributed by atoms with E-state index >= 15 is 0 Å². The highest BCUT2D eigenvalue weighted by Crippen LogP contribution is 2.56. The Morgan fingerprint density at radius 1 is 0.667 bits per heavy atom. The van der Waals surface area contributed by atoms with E-state index in [0.29, 0.717) is 12.5 Å². The summed E-state index contributed by atoms with van der Waals surface area (Å²) in [5, 5.41) is 9.64. The van der Waals surface area contributed by atoms with Gasteiger partial charge in [0, 0.05) is 6.61 Å². The van der Waals surface area contributed by atoms with Crippen LogP contribution in [0, 0.1) is 29.6 Å². The van der Waals surface area contributed by atoms with E-state index in [9.17, 15) is 5.11 Å². The maximum absolute atomic E-state index is 9.64. The molecule has 3 rings (SSSR count). The molecule has 3 aliphatic rings. The van der Waals surface area contributed by atoms with Crippen molar-refractivity contribution in [2.75, 3.05) is 6.61 Å². The maximum atomic E-state index is 9.64. The van der Waals surface area contributed by atoms with Crippen LogP contribution in [0.25, 0.3) is 0 Å². The van der Waals surface area contributed by atoms with E-state index in [1.807, 2.05) is 0 Å². The molecular formula is C14H24O. The second kappa shape index (κ2) is 4.08. The zero-order chi connectivity index (χ0) is 10.3. The summed E-state index contributed by atoms with van der Waals surface area (Å²) in [5.41, 5.74) is 0. The van der Waals surface area contributed by atoms with Gasteiger partial charge in [0.05, 0.1) is 0 Å². The molecule has 1 nitrogen and oxygen atoms in total. The molecule has 0 spiro atoms. The molecule has 3 unspecified atom stereocenters. The Balaban J connectivity index is 1.83. The van der Waals surface area contributed by atoms with Crippen molar-refractivity contribution < 1.29 is 5.11 Å².